The summed E-state index contributed by atoms with van der Waals surface area (Å²) in [7, 11) is 1.65. The van der Waals surface area contributed by atoms with Crippen LogP contribution in [0.2, 0.25) is 0 Å². The van der Waals surface area contributed by atoms with Crippen LogP contribution >= 0.6 is 0 Å². The fourth-order valence-electron chi connectivity index (χ4n) is 4.10. The first-order valence-corrected chi connectivity index (χ1v) is 9.86. The summed E-state index contributed by atoms with van der Waals surface area (Å²) in [5, 5.41) is 3.36. The zero-order valence-corrected chi connectivity index (χ0v) is 16.8. The molecule has 0 unspecified atom stereocenters. The number of aromatic nitrogens is 2. The van der Waals surface area contributed by atoms with Crippen LogP contribution in [0.1, 0.15) is 28.9 Å². The van der Waals surface area contributed by atoms with Crippen molar-refractivity contribution in [3.8, 4) is 5.75 Å². The van der Waals surface area contributed by atoms with Gasteiger partial charge in [-0.3, -0.25) is 9.36 Å². The number of para-hydroxylation sites is 2. The van der Waals surface area contributed by atoms with Crippen LogP contribution < -0.4 is 10.1 Å². The SMILES string of the molecule is COc1ccc([C@H]2C(C(=O)c3ccccc3)=C(C)Nc3nc4ccccc4n32)cc1. The lowest BCUT2D eigenvalue weighted by atomic mass is 9.89. The first-order valence-electron chi connectivity index (χ1n) is 9.86. The highest BCUT2D eigenvalue weighted by molar-refractivity contribution is 6.11. The van der Waals surface area contributed by atoms with Crippen molar-refractivity contribution in [3.05, 3.63) is 101 Å². The molecule has 1 N–H and O–H groups in total. The third-order valence-electron chi connectivity index (χ3n) is 5.54. The number of imidazole rings is 1. The minimum Gasteiger partial charge on any atom is -0.497 e. The summed E-state index contributed by atoms with van der Waals surface area (Å²) in [4.78, 5) is 18.4. The second-order valence-corrected chi connectivity index (χ2v) is 7.33. The highest BCUT2D eigenvalue weighted by atomic mass is 16.5. The molecule has 0 saturated carbocycles. The Bertz CT molecular complexity index is 1270. The lowest BCUT2D eigenvalue weighted by Crippen LogP contribution is -2.28. The van der Waals surface area contributed by atoms with E-state index in [0.29, 0.717) is 11.1 Å². The largest absolute Gasteiger partial charge is 0.497 e. The standard InChI is InChI=1S/C25H21N3O2/c1-16-22(24(29)18-8-4-3-5-9-18)23(17-12-14-19(30-2)15-13-17)28-21-11-7-6-10-20(21)27-25(28)26-16/h3-15,23H,1-2H3,(H,26,27)/t23-/m0/s1. The number of hydrogen-bond acceptors (Lipinski definition) is 4. The van der Waals surface area contributed by atoms with Crippen LogP contribution in [0.25, 0.3) is 11.0 Å². The Balaban J connectivity index is 1.74. The lowest BCUT2D eigenvalue weighted by molar-refractivity contribution is 0.102. The number of Topliss-reactive ketones (excluding diaryl/α,β-unsaturated/α-hetero) is 1. The predicted molar refractivity (Wildman–Crippen MR) is 118 cm³/mol. The molecule has 0 fully saturated rings. The van der Waals surface area contributed by atoms with Gasteiger partial charge >= 0.3 is 0 Å². The summed E-state index contributed by atoms with van der Waals surface area (Å²) >= 11 is 0. The van der Waals surface area contributed by atoms with Gasteiger partial charge in [0.15, 0.2) is 5.78 Å². The Kier molecular flexibility index (Phi) is 4.36. The Morgan fingerprint density at radius 2 is 1.67 bits per heavy atom. The minimum atomic E-state index is -0.299. The molecule has 1 aliphatic rings. The lowest BCUT2D eigenvalue weighted by Gasteiger charge is -2.31. The molecule has 4 aromatic rings. The molecule has 0 amide bonds. The number of allylic oxidation sites excluding steroid dienone is 2. The maximum absolute atomic E-state index is 13.6. The van der Waals surface area contributed by atoms with Crippen molar-refractivity contribution in [1.82, 2.24) is 9.55 Å². The van der Waals surface area contributed by atoms with Crippen LogP contribution in [0.5, 0.6) is 5.75 Å². The van der Waals surface area contributed by atoms with Gasteiger partial charge in [-0.15, -0.1) is 0 Å². The summed E-state index contributed by atoms with van der Waals surface area (Å²) in [6.07, 6.45) is 0. The second kappa shape index (κ2) is 7.19. The summed E-state index contributed by atoms with van der Waals surface area (Å²) in [6.45, 7) is 1.94. The third kappa shape index (κ3) is 2.87. The van der Waals surface area contributed by atoms with Crippen molar-refractivity contribution in [2.75, 3.05) is 12.4 Å². The van der Waals surface area contributed by atoms with Gasteiger partial charge in [0.05, 0.1) is 24.2 Å². The molecule has 2 heterocycles. The molecule has 3 aromatic carbocycles. The minimum absolute atomic E-state index is 0.00449. The second-order valence-electron chi connectivity index (χ2n) is 7.33. The van der Waals surface area contributed by atoms with E-state index in [4.69, 9.17) is 9.72 Å². The molecule has 0 bridgehead atoms. The number of anilines is 1. The van der Waals surface area contributed by atoms with E-state index in [-0.39, 0.29) is 11.8 Å². The van der Waals surface area contributed by atoms with E-state index in [0.717, 1.165) is 34.0 Å². The zero-order chi connectivity index (χ0) is 20.7. The van der Waals surface area contributed by atoms with Gasteiger partial charge in [0.25, 0.3) is 0 Å². The normalized spacial score (nSPS) is 15.6. The molecule has 5 nitrogen and oxygen atoms in total. The highest BCUT2D eigenvalue weighted by Gasteiger charge is 2.34. The number of carbonyl (C=O) groups excluding carboxylic acids is 1. The third-order valence-corrected chi connectivity index (χ3v) is 5.54. The average molecular weight is 395 g/mol. The van der Waals surface area contributed by atoms with Gasteiger partial charge in [0.2, 0.25) is 5.95 Å². The molecule has 1 aliphatic heterocycles. The number of fused-ring (bicyclic) bond motifs is 3. The molecule has 148 valence electrons. The maximum atomic E-state index is 13.6. The zero-order valence-electron chi connectivity index (χ0n) is 16.8. The Morgan fingerprint density at radius 3 is 2.40 bits per heavy atom. The molecule has 0 radical (unpaired) electrons. The van der Waals surface area contributed by atoms with Crippen molar-refractivity contribution in [3.63, 3.8) is 0 Å². The van der Waals surface area contributed by atoms with Gasteiger partial charge < -0.3 is 10.1 Å². The molecule has 0 spiro atoms. The topological polar surface area (TPSA) is 56.1 Å². The fraction of sp³-hybridized carbons (Fsp3) is 0.120. The number of carbonyl (C=O) groups is 1. The van der Waals surface area contributed by atoms with Gasteiger partial charge in [-0.05, 0) is 36.8 Å². The number of ether oxygens (including phenoxy) is 1. The van der Waals surface area contributed by atoms with Crippen molar-refractivity contribution < 1.29 is 9.53 Å². The first kappa shape index (κ1) is 18.2. The number of benzene rings is 3. The Hall–Kier alpha value is -3.86. The van der Waals surface area contributed by atoms with Crippen molar-refractivity contribution in [2.24, 2.45) is 0 Å². The van der Waals surface area contributed by atoms with Gasteiger partial charge in [-0.2, -0.15) is 0 Å². The molecule has 5 rings (SSSR count). The number of hydrogen-bond donors (Lipinski definition) is 1. The fourth-order valence-corrected chi connectivity index (χ4v) is 4.10. The van der Waals surface area contributed by atoms with Gasteiger partial charge in [-0.25, -0.2) is 4.98 Å². The van der Waals surface area contributed by atoms with E-state index >= 15 is 0 Å². The molecule has 0 aliphatic carbocycles. The monoisotopic (exact) mass is 395 g/mol. The smallest absolute Gasteiger partial charge is 0.209 e. The van der Waals surface area contributed by atoms with Crippen LogP contribution in [-0.2, 0) is 0 Å². The van der Waals surface area contributed by atoms with Gasteiger partial charge in [0, 0.05) is 16.8 Å². The van der Waals surface area contributed by atoms with E-state index in [1.54, 1.807) is 7.11 Å². The van der Waals surface area contributed by atoms with Crippen LogP contribution in [0.3, 0.4) is 0 Å². The first-order chi connectivity index (χ1) is 14.7. The number of nitrogens with one attached hydrogen (secondary N) is 1. The Morgan fingerprint density at radius 1 is 0.967 bits per heavy atom. The average Bonchev–Trinajstić information content (AvgIpc) is 3.16. The predicted octanol–water partition coefficient (Wildman–Crippen LogP) is 5.22. The van der Waals surface area contributed by atoms with Crippen LogP contribution in [0.15, 0.2) is 90.1 Å². The van der Waals surface area contributed by atoms with E-state index < -0.39 is 0 Å². The van der Waals surface area contributed by atoms with E-state index in [1.807, 2.05) is 85.8 Å². The molecule has 1 aromatic heterocycles. The van der Waals surface area contributed by atoms with Gasteiger partial charge in [-0.1, -0.05) is 54.6 Å². The number of ketones is 1. The highest BCUT2D eigenvalue weighted by Crippen LogP contribution is 2.40. The summed E-state index contributed by atoms with van der Waals surface area (Å²) in [5.74, 6) is 1.52. The van der Waals surface area contributed by atoms with Crippen molar-refractivity contribution in [2.45, 2.75) is 13.0 Å². The van der Waals surface area contributed by atoms with E-state index in [2.05, 4.69) is 9.88 Å². The van der Waals surface area contributed by atoms with Crippen LogP contribution in [0.4, 0.5) is 5.95 Å². The molecule has 0 saturated heterocycles. The molecule has 30 heavy (non-hydrogen) atoms. The summed E-state index contributed by atoms with van der Waals surface area (Å²) < 4.78 is 7.45. The van der Waals surface area contributed by atoms with Crippen LogP contribution in [-0.4, -0.2) is 22.4 Å². The molecule has 1 atom stereocenters. The van der Waals surface area contributed by atoms with Crippen LogP contribution in [0, 0.1) is 0 Å². The van der Waals surface area contributed by atoms with Crippen molar-refractivity contribution >= 4 is 22.8 Å². The van der Waals surface area contributed by atoms with E-state index in [9.17, 15) is 4.79 Å². The number of rotatable bonds is 4. The van der Waals surface area contributed by atoms with Crippen molar-refractivity contribution in [1.29, 1.82) is 0 Å². The van der Waals surface area contributed by atoms with E-state index in [1.165, 1.54) is 0 Å². The quantitative estimate of drug-likeness (QED) is 0.482. The molecular formula is C25H21N3O2. The van der Waals surface area contributed by atoms with Gasteiger partial charge in [0.1, 0.15) is 5.75 Å². The number of methoxy groups -OCH3 is 1. The summed E-state index contributed by atoms with van der Waals surface area (Å²) in [6, 6.07) is 25.0. The summed E-state index contributed by atoms with van der Waals surface area (Å²) in [5.41, 5.74) is 5.06. The molecular weight excluding hydrogens is 374 g/mol. The molecule has 5 heteroatoms. The Labute approximate surface area is 174 Å². The number of nitrogens with zero attached hydrogens (tertiary/aromatic N) is 2. The maximum Gasteiger partial charge on any atom is 0.209 e.